The molecule has 0 bridgehead atoms. The van der Waals surface area contributed by atoms with Crippen LogP contribution >= 0.6 is 0 Å². The Morgan fingerprint density at radius 3 is 1.61 bits per heavy atom. The van der Waals surface area contributed by atoms with Crippen LogP contribution in [0.1, 0.15) is 59.3 Å². The summed E-state index contributed by atoms with van der Waals surface area (Å²) in [4.78, 5) is 11.7. The summed E-state index contributed by atoms with van der Waals surface area (Å²) < 4.78 is 10.9. The van der Waals surface area contributed by atoms with Gasteiger partial charge in [-0.25, -0.2) is 0 Å². The van der Waals surface area contributed by atoms with Gasteiger partial charge in [0.05, 0.1) is 0 Å². The zero-order valence-electron chi connectivity index (χ0n) is 12.7. The Morgan fingerprint density at radius 2 is 1.33 bits per heavy atom. The van der Waals surface area contributed by atoms with Crippen molar-refractivity contribution in [3.8, 4) is 0 Å². The molecule has 0 heterocycles. The molecule has 0 N–H and O–H groups in total. The Labute approximate surface area is 117 Å². The molecule has 18 heavy (non-hydrogen) atoms. The van der Waals surface area contributed by atoms with Crippen LogP contribution in [0.25, 0.3) is 0 Å². The molecule has 0 aliphatic carbocycles. The number of unbranched alkanes of at least 4 members (excludes halogenated alkanes) is 3. The van der Waals surface area contributed by atoms with Gasteiger partial charge in [-0.2, -0.15) is 0 Å². The molecule has 0 aromatic heterocycles. The number of carbonyl (C=O) groups is 1. The van der Waals surface area contributed by atoms with E-state index < -0.39 is 18.3 Å². The molecule has 0 fully saturated rings. The van der Waals surface area contributed by atoms with Crippen molar-refractivity contribution in [2.75, 3.05) is 7.11 Å². The molecule has 0 aliphatic heterocycles. The van der Waals surface area contributed by atoms with E-state index in [4.69, 9.17) is 4.74 Å². The molecule has 2 nitrogen and oxygen atoms in total. The molecule has 0 aromatic rings. The molecule has 0 rings (SSSR count). The van der Waals surface area contributed by atoms with Gasteiger partial charge in [-0.1, -0.05) is 0 Å². The maximum absolute atomic E-state index is 11.7. The Morgan fingerprint density at radius 1 is 0.944 bits per heavy atom. The fraction of sp³-hybridized carbons (Fsp3) is 0.867. The minimum absolute atomic E-state index is 0.0655. The molecule has 3 heteroatoms. The van der Waals surface area contributed by atoms with E-state index in [1.54, 1.807) is 0 Å². The SMILES string of the molecule is CCC[CH2][Sb](=[CH]C(=O)OC)([CH2]CCC)[CH2]CCC. The van der Waals surface area contributed by atoms with E-state index in [2.05, 4.69) is 24.7 Å². The first kappa shape index (κ1) is 18.2. The predicted molar refractivity (Wildman–Crippen MR) is 83.0 cm³/mol. The van der Waals surface area contributed by atoms with Crippen molar-refractivity contribution in [2.45, 2.75) is 72.4 Å². The summed E-state index contributed by atoms with van der Waals surface area (Å²) in [6, 6.07) is 0. The number of hydrogen-bond acceptors (Lipinski definition) is 2. The van der Waals surface area contributed by atoms with E-state index in [0.717, 1.165) is 0 Å². The second-order valence-corrected chi connectivity index (χ2v) is 16.6. The van der Waals surface area contributed by atoms with Gasteiger partial charge in [0.2, 0.25) is 0 Å². The van der Waals surface area contributed by atoms with Gasteiger partial charge in [0.25, 0.3) is 0 Å². The van der Waals surface area contributed by atoms with Gasteiger partial charge in [-0.15, -0.1) is 0 Å². The van der Waals surface area contributed by atoms with Crippen molar-refractivity contribution in [3.63, 3.8) is 0 Å². The molecule has 0 amide bonds. The zero-order valence-corrected chi connectivity index (χ0v) is 15.3. The standard InChI is InChI=1S/3C4H9.C3H4O2.Sb/c3*1-3-4-2;1-3(4)5-2;/h3*1,3-4H2,2H3;1H,2H3;. The van der Waals surface area contributed by atoms with Crippen LogP contribution in [0.3, 0.4) is 0 Å². The molecular weight excluding hydrogens is 334 g/mol. The van der Waals surface area contributed by atoms with Crippen LogP contribution in [-0.2, 0) is 9.53 Å². The van der Waals surface area contributed by atoms with Crippen molar-refractivity contribution in [2.24, 2.45) is 0 Å². The van der Waals surface area contributed by atoms with Crippen LogP contribution in [0.15, 0.2) is 0 Å². The van der Waals surface area contributed by atoms with Crippen LogP contribution in [0.4, 0.5) is 0 Å². The second kappa shape index (κ2) is 11.0. The third kappa shape index (κ3) is 7.56. The Hall–Kier alpha value is 0.158. The number of rotatable bonds is 10. The fourth-order valence-electron chi connectivity index (χ4n) is 2.22. The van der Waals surface area contributed by atoms with Gasteiger partial charge >= 0.3 is 117 Å². The van der Waals surface area contributed by atoms with Crippen molar-refractivity contribution in [1.82, 2.24) is 0 Å². The number of carbonyl (C=O) groups excluding carboxylic acids is 1. The van der Waals surface area contributed by atoms with Crippen molar-refractivity contribution in [3.05, 3.63) is 0 Å². The monoisotopic (exact) mass is 364 g/mol. The summed E-state index contributed by atoms with van der Waals surface area (Å²) in [7, 11) is 1.51. The van der Waals surface area contributed by atoms with Crippen molar-refractivity contribution < 1.29 is 9.53 Å². The van der Waals surface area contributed by atoms with Crippen LogP contribution in [0.5, 0.6) is 0 Å². The van der Waals surface area contributed by atoms with E-state index in [-0.39, 0.29) is 5.97 Å². The first-order chi connectivity index (χ1) is 8.64. The summed E-state index contributed by atoms with van der Waals surface area (Å²) in [5.41, 5.74) is 0. The van der Waals surface area contributed by atoms with Crippen LogP contribution < -0.4 is 0 Å². The van der Waals surface area contributed by atoms with Gasteiger partial charge in [-0.05, 0) is 0 Å². The third-order valence-corrected chi connectivity index (χ3v) is 16.0. The van der Waals surface area contributed by atoms with Crippen LogP contribution in [-0.4, -0.2) is 35.4 Å². The summed E-state index contributed by atoms with van der Waals surface area (Å²) in [5, 5.41) is 0. The van der Waals surface area contributed by atoms with E-state index in [0.29, 0.717) is 0 Å². The Kier molecular flexibility index (Phi) is 11.1. The number of methoxy groups -OCH3 is 1. The Bertz CT molecular complexity index is 243. The first-order valence-electron chi connectivity index (χ1n) is 7.43. The van der Waals surface area contributed by atoms with E-state index in [1.807, 2.05) is 0 Å². The summed E-state index contributed by atoms with van der Waals surface area (Å²) in [6.45, 7) is 6.73. The van der Waals surface area contributed by atoms with Gasteiger partial charge in [0, 0.05) is 0 Å². The zero-order chi connectivity index (χ0) is 13.9. The molecule has 0 aliphatic rings. The second-order valence-electron chi connectivity index (χ2n) is 5.10. The maximum atomic E-state index is 11.7. The molecule has 0 saturated carbocycles. The minimum atomic E-state index is -2.26. The molecule has 108 valence electrons. The summed E-state index contributed by atoms with van der Waals surface area (Å²) in [5.74, 6) is -0.0655. The fourth-order valence-corrected chi connectivity index (χ4v) is 14.9. The molecule has 0 spiro atoms. The van der Waals surface area contributed by atoms with Crippen LogP contribution in [0, 0.1) is 0 Å². The van der Waals surface area contributed by atoms with Crippen molar-refractivity contribution in [1.29, 1.82) is 0 Å². The van der Waals surface area contributed by atoms with Crippen LogP contribution in [0.2, 0.25) is 13.1 Å². The quantitative estimate of drug-likeness (QED) is 0.424. The van der Waals surface area contributed by atoms with E-state index in [1.165, 1.54) is 58.7 Å². The molecular formula is C15H31O2Sb. The average molecular weight is 365 g/mol. The van der Waals surface area contributed by atoms with Gasteiger partial charge in [-0.3, -0.25) is 0 Å². The number of esters is 1. The predicted octanol–water partition coefficient (Wildman–Crippen LogP) is 4.39. The topological polar surface area (TPSA) is 26.3 Å². The normalized spacial score (nSPS) is 11.3. The summed E-state index contributed by atoms with van der Waals surface area (Å²) >= 11 is -2.26. The third-order valence-electron chi connectivity index (χ3n) is 3.45. The Balaban J connectivity index is 4.96. The molecule has 0 unspecified atom stereocenters. The van der Waals surface area contributed by atoms with Gasteiger partial charge in [0.1, 0.15) is 0 Å². The molecule has 0 radical (unpaired) electrons. The number of ether oxygens (including phenoxy) is 1. The molecule has 0 atom stereocenters. The van der Waals surface area contributed by atoms with Gasteiger partial charge < -0.3 is 0 Å². The average Bonchev–Trinajstić information content (AvgIpc) is 2.40. The van der Waals surface area contributed by atoms with E-state index in [9.17, 15) is 4.79 Å². The van der Waals surface area contributed by atoms with Crippen molar-refractivity contribution >= 4 is 28.2 Å². The first-order valence-corrected chi connectivity index (χ1v) is 14.3. The van der Waals surface area contributed by atoms with Gasteiger partial charge in [0.15, 0.2) is 0 Å². The number of hydrogen-bond donors (Lipinski definition) is 0. The van der Waals surface area contributed by atoms with E-state index >= 15 is 0 Å². The molecule has 0 aromatic carbocycles. The summed E-state index contributed by atoms with van der Waals surface area (Å²) in [6.07, 6.45) is 7.57. The molecule has 0 saturated heterocycles.